The summed E-state index contributed by atoms with van der Waals surface area (Å²) in [4.78, 5) is 0. The Kier molecular flexibility index (Phi) is 4.29. The molecule has 1 aliphatic rings. The summed E-state index contributed by atoms with van der Waals surface area (Å²) in [5.41, 5.74) is 0. The van der Waals surface area contributed by atoms with E-state index in [0.717, 1.165) is 24.6 Å². The molecule has 0 unspecified atom stereocenters. The van der Waals surface area contributed by atoms with Gasteiger partial charge in [-0.05, 0) is 25.2 Å². The van der Waals surface area contributed by atoms with Crippen molar-refractivity contribution >= 4 is 28.6 Å². The third kappa shape index (κ3) is 2.93. The van der Waals surface area contributed by atoms with Gasteiger partial charge in [0, 0.05) is 17.2 Å². The van der Waals surface area contributed by atoms with Crippen molar-refractivity contribution in [2.75, 3.05) is 11.9 Å². The van der Waals surface area contributed by atoms with Crippen LogP contribution in [0.2, 0.25) is 0 Å². The minimum absolute atomic E-state index is 0.185. The van der Waals surface area contributed by atoms with Crippen LogP contribution in [0, 0.1) is 5.92 Å². The lowest BCUT2D eigenvalue weighted by atomic mass is 9.99. The fraction of sp³-hybridized carbons (Fsp3) is 1.00. The Morgan fingerprint density at radius 3 is 3.08 bits per heavy atom. The van der Waals surface area contributed by atoms with Gasteiger partial charge in [-0.25, -0.2) is 0 Å². The zero-order chi connectivity index (χ0) is 9.84. The summed E-state index contributed by atoms with van der Waals surface area (Å²) in [6.07, 6.45) is 3.24. The second-order valence-corrected chi connectivity index (χ2v) is 4.84. The maximum atomic E-state index is 7.50. The highest BCUT2D eigenvalue weighted by molar-refractivity contribution is 9.09. The Labute approximate surface area is 90.2 Å². The smallest absolute Gasteiger partial charge is 0.0717 e. The molecule has 1 heterocycles. The molecule has 1 nitrogen and oxygen atoms in total. The number of halogens is 1. The lowest BCUT2D eigenvalue weighted by Crippen LogP contribution is -2.25. The summed E-state index contributed by atoms with van der Waals surface area (Å²) < 4.78 is 13.0. The third-order valence-electron chi connectivity index (χ3n) is 2.29. The van der Waals surface area contributed by atoms with Crippen LogP contribution in [0.15, 0.2) is 0 Å². The minimum atomic E-state index is -0.321. The number of ether oxygens (including phenoxy) is 1. The lowest BCUT2D eigenvalue weighted by molar-refractivity contribution is 0.0905. The fourth-order valence-electron chi connectivity index (χ4n) is 1.51. The molecular formula is C9H17BrOS. The van der Waals surface area contributed by atoms with Gasteiger partial charge in [0.1, 0.15) is 0 Å². The molecule has 0 bridgehead atoms. The van der Waals surface area contributed by atoms with Gasteiger partial charge < -0.3 is 4.74 Å². The molecule has 0 radical (unpaired) electrons. The van der Waals surface area contributed by atoms with E-state index >= 15 is 0 Å². The van der Waals surface area contributed by atoms with Gasteiger partial charge in [0.05, 0.1) is 7.47 Å². The van der Waals surface area contributed by atoms with Crippen molar-refractivity contribution in [3.8, 4) is 0 Å². The van der Waals surface area contributed by atoms with Crippen LogP contribution in [0.3, 0.4) is 0 Å². The lowest BCUT2D eigenvalue weighted by Gasteiger charge is -2.21. The average Bonchev–Trinajstić information content (AvgIpc) is 2.41. The molecule has 1 saturated heterocycles. The Hall–Kier alpha value is 0.790. The molecule has 0 N–H and O–H groups in total. The van der Waals surface area contributed by atoms with Crippen molar-refractivity contribution in [3.05, 3.63) is 0 Å². The first-order valence-corrected chi connectivity index (χ1v) is 6.10. The molecule has 0 aromatic heterocycles. The molecule has 0 aromatic carbocycles. The molecule has 1 fully saturated rings. The number of alkyl halides is 1. The van der Waals surface area contributed by atoms with E-state index in [1.165, 1.54) is 0 Å². The van der Waals surface area contributed by atoms with Crippen LogP contribution in [0.4, 0.5) is 0 Å². The highest BCUT2D eigenvalue weighted by Gasteiger charge is 2.29. The number of hydrogen-bond acceptors (Lipinski definition) is 2. The van der Waals surface area contributed by atoms with E-state index in [-0.39, 0.29) is 12.7 Å². The molecule has 1 rings (SSSR count). The molecule has 0 aromatic rings. The first-order chi connectivity index (χ1) is 6.15. The Balaban J connectivity index is 2.33. The molecule has 0 amide bonds. The zero-order valence-corrected chi connectivity index (χ0v) is 9.85. The normalized spacial score (nSPS) is 39.6. The van der Waals surface area contributed by atoms with E-state index in [2.05, 4.69) is 35.5 Å². The first-order valence-electron chi connectivity index (χ1n) is 5.04. The van der Waals surface area contributed by atoms with Crippen LogP contribution >= 0.6 is 28.6 Å². The molecule has 3 heteroatoms. The Morgan fingerprint density at radius 2 is 2.58 bits per heavy atom. The Bertz CT molecular complexity index is 159. The predicted octanol–water partition coefficient (Wildman–Crippen LogP) is 2.88. The summed E-state index contributed by atoms with van der Waals surface area (Å²) in [6.45, 7) is 1.83. The van der Waals surface area contributed by atoms with Crippen LogP contribution in [0.1, 0.15) is 27.6 Å². The van der Waals surface area contributed by atoms with Crippen molar-refractivity contribution in [2.24, 2.45) is 5.92 Å². The van der Waals surface area contributed by atoms with Crippen LogP contribution in [0.5, 0.6) is 0 Å². The molecule has 4 atom stereocenters. The summed E-state index contributed by atoms with van der Waals surface area (Å²) in [5.74, 6) is 0.486. The Morgan fingerprint density at radius 1 is 1.83 bits per heavy atom. The van der Waals surface area contributed by atoms with Gasteiger partial charge in [-0.2, -0.15) is 12.6 Å². The van der Waals surface area contributed by atoms with Gasteiger partial charge in [-0.15, -0.1) is 0 Å². The molecule has 0 saturated carbocycles. The summed E-state index contributed by atoms with van der Waals surface area (Å²) >= 11 is 7.93. The van der Waals surface area contributed by atoms with E-state index < -0.39 is 0 Å². The van der Waals surface area contributed by atoms with E-state index in [4.69, 9.17) is 6.11 Å². The second kappa shape index (κ2) is 5.51. The largest absolute Gasteiger partial charge is 0.377 e. The average molecular weight is 255 g/mol. The predicted molar refractivity (Wildman–Crippen MR) is 59.3 cm³/mol. The summed E-state index contributed by atoms with van der Waals surface area (Å²) in [7, 11) is 0. The molecule has 0 aliphatic carbocycles. The minimum Gasteiger partial charge on any atom is -0.377 e. The van der Waals surface area contributed by atoms with E-state index in [1.807, 2.05) is 0 Å². The van der Waals surface area contributed by atoms with Crippen LogP contribution in [0.25, 0.3) is 0 Å². The molecule has 72 valence electrons. The molecule has 12 heavy (non-hydrogen) atoms. The third-order valence-corrected chi connectivity index (χ3v) is 3.41. The van der Waals surface area contributed by atoms with E-state index in [0.29, 0.717) is 11.2 Å². The summed E-state index contributed by atoms with van der Waals surface area (Å²) in [6, 6.07) is 0. The van der Waals surface area contributed by atoms with Crippen molar-refractivity contribution in [2.45, 2.75) is 37.5 Å². The topological polar surface area (TPSA) is 9.23 Å². The van der Waals surface area contributed by atoms with Crippen LogP contribution in [-0.2, 0) is 4.74 Å². The van der Waals surface area contributed by atoms with Gasteiger partial charge in [-0.1, -0.05) is 22.9 Å². The first kappa shape index (κ1) is 9.35. The maximum absolute atomic E-state index is 7.50. The van der Waals surface area contributed by atoms with E-state index in [1.54, 1.807) is 0 Å². The fourth-order valence-corrected chi connectivity index (χ4v) is 2.38. The van der Waals surface area contributed by atoms with Gasteiger partial charge in [0.15, 0.2) is 0 Å². The molecule has 1 aliphatic heterocycles. The number of rotatable bonds is 4. The van der Waals surface area contributed by atoms with Crippen molar-refractivity contribution in [1.82, 2.24) is 0 Å². The summed E-state index contributed by atoms with van der Waals surface area (Å²) in [5, 5.41) is 1.32. The molecule has 0 spiro atoms. The van der Waals surface area contributed by atoms with Crippen molar-refractivity contribution in [1.29, 1.82) is 0 Å². The second-order valence-electron chi connectivity index (χ2n) is 3.38. The highest BCUT2D eigenvalue weighted by atomic mass is 79.9. The van der Waals surface area contributed by atoms with Crippen LogP contribution in [-0.4, -0.2) is 23.3 Å². The quantitative estimate of drug-likeness (QED) is 0.600. The van der Waals surface area contributed by atoms with Crippen LogP contribution < -0.4 is 0 Å². The molecular weight excluding hydrogens is 236 g/mol. The SMILES string of the molecule is [3H][C@@H]1C[C@H](C)[C@@H]([C@H](S)CCCBr)O1. The van der Waals surface area contributed by atoms with Crippen molar-refractivity contribution < 1.29 is 6.11 Å². The number of hydrogen-bond donors (Lipinski definition) is 1. The van der Waals surface area contributed by atoms with Gasteiger partial charge >= 0.3 is 0 Å². The number of thiol groups is 1. The van der Waals surface area contributed by atoms with Gasteiger partial charge in [-0.3, -0.25) is 0 Å². The van der Waals surface area contributed by atoms with E-state index in [9.17, 15) is 0 Å². The maximum Gasteiger partial charge on any atom is 0.0717 e. The van der Waals surface area contributed by atoms with Gasteiger partial charge in [0.2, 0.25) is 0 Å². The van der Waals surface area contributed by atoms with Crippen molar-refractivity contribution in [3.63, 3.8) is 0 Å². The standard InChI is InChI=1S/C9H17BrOS/c1-7-4-6-11-9(7)8(12)3-2-5-10/h7-9,12H,2-6H2,1H3/t7-,8+,9-/m0/s1/i6T/t6-,7+,8-,9+/m1. The zero-order valence-electron chi connectivity index (χ0n) is 8.37. The monoisotopic (exact) mass is 254 g/mol. The van der Waals surface area contributed by atoms with Gasteiger partial charge in [0.25, 0.3) is 0 Å². The highest BCUT2D eigenvalue weighted by Crippen LogP contribution is 2.27.